The molecule has 6 nitrogen and oxygen atoms in total. The van der Waals surface area contributed by atoms with Gasteiger partial charge in [0.1, 0.15) is 0 Å². The maximum absolute atomic E-state index is 12.2. The van der Waals surface area contributed by atoms with Crippen molar-refractivity contribution in [1.29, 1.82) is 0 Å². The number of nitrogens with zero attached hydrogens (tertiary/aromatic N) is 2. The van der Waals surface area contributed by atoms with E-state index in [0.717, 1.165) is 0 Å². The number of thioether (sulfide) groups is 1. The largest absolute Gasteiger partial charge is 0.311 e. The van der Waals surface area contributed by atoms with Crippen LogP contribution < -0.4 is 4.90 Å². The monoisotopic (exact) mass is 386 g/mol. The molecule has 0 bridgehead atoms. The van der Waals surface area contributed by atoms with Gasteiger partial charge < -0.3 is 4.90 Å². The summed E-state index contributed by atoms with van der Waals surface area (Å²) in [7, 11) is 0. The molecular formula is C14H15BrN2O4S. The maximum Gasteiger partial charge on any atom is 0.274 e. The Morgan fingerprint density at radius 1 is 1.55 bits per heavy atom. The molecule has 0 aliphatic carbocycles. The van der Waals surface area contributed by atoms with E-state index in [4.69, 9.17) is 0 Å². The fourth-order valence-corrected chi connectivity index (χ4v) is 3.78. The first-order chi connectivity index (χ1) is 10.3. The zero-order chi connectivity index (χ0) is 16.4. The summed E-state index contributed by atoms with van der Waals surface area (Å²) in [6, 6.07) is 3.08. The van der Waals surface area contributed by atoms with Crippen LogP contribution in [0.25, 0.3) is 0 Å². The highest BCUT2D eigenvalue weighted by atomic mass is 79.9. The van der Waals surface area contributed by atoms with E-state index in [-0.39, 0.29) is 22.6 Å². The second-order valence-electron chi connectivity index (χ2n) is 5.22. The molecule has 1 aromatic rings. The van der Waals surface area contributed by atoms with Crippen molar-refractivity contribution >= 4 is 50.1 Å². The van der Waals surface area contributed by atoms with Crippen LogP contribution >= 0.6 is 27.7 Å². The first kappa shape index (κ1) is 17.0. The zero-order valence-corrected chi connectivity index (χ0v) is 14.6. The Morgan fingerprint density at radius 2 is 2.23 bits per heavy atom. The number of rotatable bonds is 4. The van der Waals surface area contributed by atoms with Crippen LogP contribution in [-0.2, 0) is 9.59 Å². The molecule has 0 radical (unpaired) electrons. The summed E-state index contributed by atoms with van der Waals surface area (Å²) in [4.78, 5) is 35.4. The summed E-state index contributed by atoms with van der Waals surface area (Å²) in [6.07, 6.45) is 0.356. The lowest BCUT2D eigenvalue weighted by Gasteiger charge is -2.18. The van der Waals surface area contributed by atoms with Gasteiger partial charge in [0.25, 0.3) is 5.69 Å². The number of hydrogen-bond acceptors (Lipinski definition) is 5. The number of nitro benzene ring substituents is 1. The van der Waals surface area contributed by atoms with E-state index < -0.39 is 4.92 Å². The van der Waals surface area contributed by atoms with E-state index >= 15 is 0 Å². The van der Waals surface area contributed by atoms with Crippen LogP contribution in [0.15, 0.2) is 16.6 Å². The third kappa shape index (κ3) is 3.67. The molecular weight excluding hydrogens is 372 g/mol. The van der Waals surface area contributed by atoms with Crippen LogP contribution in [0.3, 0.4) is 0 Å². The van der Waals surface area contributed by atoms with Crippen molar-refractivity contribution in [3.05, 3.63) is 32.3 Å². The van der Waals surface area contributed by atoms with Crippen molar-refractivity contribution in [2.75, 3.05) is 17.2 Å². The molecule has 1 fully saturated rings. The molecule has 1 atom stereocenters. The first-order valence-electron chi connectivity index (χ1n) is 6.68. The van der Waals surface area contributed by atoms with E-state index in [1.807, 2.05) is 0 Å². The molecule has 118 valence electrons. The van der Waals surface area contributed by atoms with Gasteiger partial charge in [-0.3, -0.25) is 19.7 Å². The summed E-state index contributed by atoms with van der Waals surface area (Å²) in [5.74, 6) is 0.588. The molecule has 1 aromatic carbocycles. The highest BCUT2D eigenvalue weighted by Crippen LogP contribution is 2.36. The number of amides is 1. The summed E-state index contributed by atoms with van der Waals surface area (Å²) in [6.45, 7) is 3.63. The van der Waals surface area contributed by atoms with E-state index in [9.17, 15) is 19.7 Å². The molecule has 22 heavy (non-hydrogen) atoms. The number of aryl methyl sites for hydroxylation is 1. The van der Waals surface area contributed by atoms with Crippen LogP contribution in [0.1, 0.15) is 18.9 Å². The molecule has 0 aromatic heterocycles. The van der Waals surface area contributed by atoms with Crippen molar-refractivity contribution < 1.29 is 14.5 Å². The van der Waals surface area contributed by atoms with Gasteiger partial charge in [0.2, 0.25) is 5.91 Å². The van der Waals surface area contributed by atoms with Gasteiger partial charge >= 0.3 is 0 Å². The van der Waals surface area contributed by atoms with E-state index in [0.29, 0.717) is 34.4 Å². The molecule has 1 heterocycles. The van der Waals surface area contributed by atoms with Gasteiger partial charge in [-0.1, -0.05) is 11.8 Å². The average Bonchev–Trinajstić information content (AvgIpc) is 2.77. The number of benzene rings is 1. The SMILES string of the molecule is CC(=O)SCC1CC(=O)N(c2cc([N+](=O)[O-])c(C)cc2Br)C1. The minimum Gasteiger partial charge on any atom is -0.311 e. The number of halogens is 1. The molecule has 1 aliphatic rings. The van der Waals surface area contributed by atoms with Gasteiger partial charge in [-0.2, -0.15) is 0 Å². The predicted molar refractivity (Wildman–Crippen MR) is 89.1 cm³/mol. The van der Waals surface area contributed by atoms with Gasteiger partial charge in [-0.25, -0.2) is 0 Å². The molecule has 8 heteroatoms. The standard InChI is InChI=1S/C14H15BrN2O4S/c1-8-3-11(15)13(5-12(8)17(20)21)16-6-10(4-14(16)19)7-22-9(2)18/h3,5,10H,4,6-7H2,1-2H3. The topological polar surface area (TPSA) is 80.5 Å². The van der Waals surface area contributed by atoms with Crippen molar-refractivity contribution in [2.24, 2.45) is 5.92 Å². The molecule has 0 N–H and O–H groups in total. The average molecular weight is 387 g/mol. The Hall–Kier alpha value is -1.41. The van der Waals surface area contributed by atoms with Gasteiger partial charge in [0.15, 0.2) is 5.12 Å². The Balaban J connectivity index is 2.24. The summed E-state index contributed by atoms with van der Waals surface area (Å²) < 4.78 is 0.656. The van der Waals surface area contributed by atoms with Gasteiger partial charge in [-0.15, -0.1) is 0 Å². The highest BCUT2D eigenvalue weighted by molar-refractivity contribution is 9.10. The molecule has 1 amide bonds. The summed E-state index contributed by atoms with van der Waals surface area (Å²) in [5.41, 5.74) is 1.04. The fourth-order valence-electron chi connectivity index (χ4n) is 2.42. The highest BCUT2D eigenvalue weighted by Gasteiger charge is 2.33. The van der Waals surface area contributed by atoms with Crippen LogP contribution in [0.5, 0.6) is 0 Å². The van der Waals surface area contributed by atoms with E-state index in [1.165, 1.54) is 24.8 Å². The maximum atomic E-state index is 12.2. The minimum atomic E-state index is -0.449. The van der Waals surface area contributed by atoms with Crippen molar-refractivity contribution in [2.45, 2.75) is 20.3 Å². The van der Waals surface area contributed by atoms with Crippen LogP contribution in [0, 0.1) is 23.0 Å². The molecule has 2 rings (SSSR count). The van der Waals surface area contributed by atoms with Gasteiger partial charge in [-0.05, 0) is 34.8 Å². The lowest BCUT2D eigenvalue weighted by molar-refractivity contribution is -0.385. The van der Waals surface area contributed by atoms with Crippen LogP contribution in [-0.4, -0.2) is 28.2 Å². The Morgan fingerprint density at radius 3 is 2.82 bits per heavy atom. The van der Waals surface area contributed by atoms with Crippen LogP contribution in [0.4, 0.5) is 11.4 Å². The second-order valence-corrected chi connectivity index (χ2v) is 7.28. The van der Waals surface area contributed by atoms with Crippen molar-refractivity contribution in [3.63, 3.8) is 0 Å². The number of carbonyl (C=O) groups is 2. The van der Waals surface area contributed by atoms with E-state index in [1.54, 1.807) is 17.9 Å². The molecule has 1 unspecified atom stereocenters. The van der Waals surface area contributed by atoms with Crippen molar-refractivity contribution in [3.8, 4) is 0 Å². The fraction of sp³-hybridized carbons (Fsp3) is 0.429. The quantitative estimate of drug-likeness (QED) is 0.585. The zero-order valence-electron chi connectivity index (χ0n) is 12.2. The minimum absolute atomic E-state index is 0.00689. The third-order valence-corrected chi connectivity index (χ3v) is 5.16. The van der Waals surface area contributed by atoms with Gasteiger partial charge in [0, 0.05) is 41.7 Å². The summed E-state index contributed by atoms with van der Waals surface area (Å²) >= 11 is 4.58. The normalized spacial score (nSPS) is 17.9. The molecule has 1 saturated heterocycles. The molecule has 0 spiro atoms. The number of hydrogen-bond donors (Lipinski definition) is 0. The number of anilines is 1. The Kier molecular flexibility index (Phi) is 5.23. The predicted octanol–water partition coefficient (Wildman–Crippen LogP) is 3.30. The third-order valence-electron chi connectivity index (χ3n) is 3.48. The second kappa shape index (κ2) is 6.78. The smallest absolute Gasteiger partial charge is 0.274 e. The van der Waals surface area contributed by atoms with Crippen LogP contribution in [0.2, 0.25) is 0 Å². The Labute approximate surface area is 140 Å². The molecule has 0 saturated carbocycles. The van der Waals surface area contributed by atoms with Crippen molar-refractivity contribution in [1.82, 2.24) is 0 Å². The number of carbonyl (C=O) groups excluding carboxylic acids is 2. The van der Waals surface area contributed by atoms with Gasteiger partial charge in [0.05, 0.1) is 10.6 Å². The number of nitro groups is 1. The summed E-state index contributed by atoms with van der Waals surface area (Å²) in [5, 5.41) is 11.1. The van der Waals surface area contributed by atoms with E-state index in [2.05, 4.69) is 15.9 Å². The Bertz CT molecular complexity index is 650. The lowest BCUT2D eigenvalue weighted by Crippen LogP contribution is -2.25. The first-order valence-corrected chi connectivity index (χ1v) is 8.45. The lowest BCUT2D eigenvalue weighted by atomic mass is 10.1. The molecule has 1 aliphatic heterocycles.